The lowest BCUT2D eigenvalue weighted by Gasteiger charge is -2.12. The Morgan fingerprint density at radius 3 is 2.81 bits per heavy atom. The smallest absolute Gasteiger partial charge is 0.220 e. The number of nitrogen functional groups attached to an aromatic ring is 1. The van der Waals surface area contributed by atoms with Crippen molar-refractivity contribution in [3.05, 3.63) is 29.7 Å². The number of nitrogens with one attached hydrogen (secondary N) is 1. The third kappa shape index (κ3) is 1.81. The van der Waals surface area contributed by atoms with Crippen LogP contribution in [-0.2, 0) is 0 Å². The highest BCUT2D eigenvalue weighted by molar-refractivity contribution is 5.82. The molecule has 1 aromatic carbocycles. The highest BCUT2D eigenvalue weighted by atomic mass is 19.1. The molecule has 0 aliphatic rings. The second-order valence-corrected chi connectivity index (χ2v) is 3.64. The van der Waals surface area contributed by atoms with Crippen LogP contribution in [0.15, 0.2) is 18.2 Å². The largest absolute Gasteiger partial charge is 0.368 e. The summed E-state index contributed by atoms with van der Waals surface area (Å²) in [5, 5.41) is 3.74. The van der Waals surface area contributed by atoms with Gasteiger partial charge in [-0.2, -0.15) is 0 Å². The molecule has 0 aliphatic heterocycles. The summed E-state index contributed by atoms with van der Waals surface area (Å²) in [6, 6.07) is 4.39. The molecular weight excluding hydrogens is 207 g/mol. The van der Waals surface area contributed by atoms with Crippen LogP contribution in [-0.4, -0.2) is 17.0 Å². The number of nitrogens with zero attached hydrogens (tertiary/aromatic N) is 2. The fourth-order valence-electron chi connectivity index (χ4n) is 1.61. The van der Waals surface area contributed by atoms with Gasteiger partial charge < -0.3 is 11.1 Å². The zero-order chi connectivity index (χ0) is 11.7. The molecule has 3 N–H and O–H groups in total. The number of fused-ring (bicyclic) bond motifs is 1. The maximum absolute atomic E-state index is 13.2. The van der Waals surface area contributed by atoms with Gasteiger partial charge in [0, 0.05) is 11.4 Å². The molecule has 1 heterocycles. The van der Waals surface area contributed by atoms with Gasteiger partial charge in [0.2, 0.25) is 5.95 Å². The van der Waals surface area contributed by atoms with Crippen molar-refractivity contribution < 1.29 is 4.39 Å². The van der Waals surface area contributed by atoms with Crippen LogP contribution in [0.1, 0.15) is 18.7 Å². The van der Waals surface area contributed by atoms with Crippen molar-refractivity contribution in [3.8, 4) is 0 Å². The summed E-state index contributed by atoms with van der Waals surface area (Å²) in [5.41, 5.74) is 6.98. The monoisotopic (exact) mass is 220 g/mol. The first kappa shape index (κ1) is 10.8. The Balaban J connectivity index is 2.74. The Morgan fingerprint density at radius 2 is 2.12 bits per heavy atom. The van der Waals surface area contributed by atoms with Gasteiger partial charge >= 0.3 is 0 Å². The molecule has 0 saturated heterocycles. The first-order chi connectivity index (χ1) is 7.61. The molecule has 1 unspecified atom stereocenters. The Hall–Kier alpha value is -1.75. The van der Waals surface area contributed by atoms with Crippen molar-refractivity contribution in [2.45, 2.75) is 13.0 Å². The molecule has 0 amide bonds. The molecule has 1 atom stereocenters. The predicted molar refractivity (Wildman–Crippen MR) is 61.4 cm³/mol. The fourth-order valence-corrected chi connectivity index (χ4v) is 1.61. The molecule has 4 nitrogen and oxygen atoms in total. The molecule has 0 saturated carbocycles. The first-order valence-corrected chi connectivity index (χ1v) is 5.01. The van der Waals surface area contributed by atoms with Crippen molar-refractivity contribution in [2.75, 3.05) is 12.8 Å². The zero-order valence-corrected chi connectivity index (χ0v) is 9.16. The van der Waals surface area contributed by atoms with E-state index in [0.29, 0.717) is 16.6 Å². The van der Waals surface area contributed by atoms with Crippen molar-refractivity contribution in [3.63, 3.8) is 0 Å². The SMILES string of the molecule is CNC(C)c1nc(N)nc2ccc(F)cc12. The van der Waals surface area contributed by atoms with Gasteiger partial charge in [0.05, 0.1) is 11.2 Å². The number of anilines is 1. The summed E-state index contributed by atoms with van der Waals surface area (Å²) >= 11 is 0. The normalized spacial score (nSPS) is 12.9. The van der Waals surface area contributed by atoms with E-state index < -0.39 is 0 Å². The lowest BCUT2D eigenvalue weighted by Crippen LogP contribution is -2.15. The molecule has 2 rings (SSSR count). The Labute approximate surface area is 92.7 Å². The van der Waals surface area contributed by atoms with E-state index in [1.54, 1.807) is 6.07 Å². The molecule has 0 fully saturated rings. The third-order valence-electron chi connectivity index (χ3n) is 2.55. The van der Waals surface area contributed by atoms with Crippen LogP contribution in [0.25, 0.3) is 10.9 Å². The first-order valence-electron chi connectivity index (χ1n) is 5.01. The van der Waals surface area contributed by atoms with Gasteiger partial charge in [0.1, 0.15) is 5.82 Å². The molecule has 0 spiro atoms. The van der Waals surface area contributed by atoms with Crippen LogP contribution in [0.5, 0.6) is 0 Å². The summed E-state index contributed by atoms with van der Waals surface area (Å²) in [5.74, 6) is -0.0957. The molecular formula is C11H13FN4. The second kappa shape index (κ2) is 4.02. The number of hydrogen-bond acceptors (Lipinski definition) is 4. The van der Waals surface area contributed by atoms with Gasteiger partial charge in [-0.3, -0.25) is 0 Å². The van der Waals surface area contributed by atoms with Crippen LogP contribution in [0, 0.1) is 5.82 Å². The van der Waals surface area contributed by atoms with Gasteiger partial charge in [0.25, 0.3) is 0 Å². The third-order valence-corrected chi connectivity index (χ3v) is 2.55. The van der Waals surface area contributed by atoms with Gasteiger partial charge in [-0.05, 0) is 32.2 Å². The summed E-state index contributed by atoms with van der Waals surface area (Å²) in [7, 11) is 1.81. The van der Waals surface area contributed by atoms with Crippen molar-refractivity contribution in [1.29, 1.82) is 0 Å². The number of rotatable bonds is 2. The molecule has 0 aliphatic carbocycles. The molecule has 0 bridgehead atoms. The van der Waals surface area contributed by atoms with Crippen molar-refractivity contribution >= 4 is 16.9 Å². The van der Waals surface area contributed by atoms with E-state index >= 15 is 0 Å². The minimum absolute atomic E-state index is 0.00500. The Bertz CT molecular complexity index is 527. The average Bonchev–Trinajstić information content (AvgIpc) is 2.27. The van der Waals surface area contributed by atoms with Gasteiger partial charge in [-0.25, -0.2) is 14.4 Å². The van der Waals surface area contributed by atoms with Crippen molar-refractivity contribution in [2.24, 2.45) is 0 Å². The second-order valence-electron chi connectivity index (χ2n) is 3.64. The van der Waals surface area contributed by atoms with Crippen LogP contribution in [0.2, 0.25) is 0 Å². The van der Waals surface area contributed by atoms with Gasteiger partial charge in [-0.15, -0.1) is 0 Å². The van der Waals surface area contributed by atoms with Crippen LogP contribution >= 0.6 is 0 Å². The maximum Gasteiger partial charge on any atom is 0.220 e. The Kier molecular flexibility index (Phi) is 2.70. The van der Waals surface area contributed by atoms with Crippen LogP contribution < -0.4 is 11.1 Å². The van der Waals surface area contributed by atoms with Gasteiger partial charge in [-0.1, -0.05) is 0 Å². The fraction of sp³-hybridized carbons (Fsp3) is 0.273. The van der Waals surface area contributed by atoms with Gasteiger partial charge in [0.15, 0.2) is 0 Å². The number of aromatic nitrogens is 2. The quantitative estimate of drug-likeness (QED) is 0.807. The van der Waals surface area contributed by atoms with E-state index in [1.807, 2.05) is 14.0 Å². The van der Waals surface area contributed by atoms with E-state index in [4.69, 9.17) is 5.73 Å². The molecule has 1 aromatic heterocycles. The van der Waals surface area contributed by atoms with E-state index in [9.17, 15) is 4.39 Å². The summed E-state index contributed by atoms with van der Waals surface area (Å²) in [4.78, 5) is 8.22. The minimum atomic E-state index is -0.301. The van der Waals surface area contributed by atoms with E-state index in [2.05, 4.69) is 15.3 Å². The molecule has 5 heteroatoms. The number of nitrogens with two attached hydrogens (primary N) is 1. The average molecular weight is 220 g/mol. The Morgan fingerprint density at radius 1 is 1.38 bits per heavy atom. The highest BCUT2D eigenvalue weighted by Crippen LogP contribution is 2.22. The lowest BCUT2D eigenvalue weighted by atomic mass is 10.1. The predicted octanol–water partition coefficient (Wildman–Crippen LogP) is 1.63. The summed E-state index contributed by atoms with van der Waals surface area (Å²) < 4.78 is 13.2. The molecule has 84 valence electrons. The highest BCUT2D eigenvalue weighted by Gasteiger charge is 2.12. The molecule has 0 radical (unpaired) electrons. The number of benzene rings is 1. The maximum atomic E-state index is 13.2. The van der Waals surface area contributed by atoms with Crippen molar-refractivity contribution in [1.82, 2.24) is 15.3 Å². The topological polar surface area (TPSA) is 63.8 Å². The van der Waals surface area contributed by atoms with E-state index in [1.165, 1.54) is 12.1 Å². The number of halogens is 1. The summed E-state index contributed by atoms with van der Waals surface area (Å²) in [6.45, 7) is 1.94. The van der Waals surface area contributed by atoms with E-state index in [0.717, 1.165) is 0 Å². The van der Waals surface area contributed by atoms with Crippen LogP contribution in [0.3, 0.4) is 0 Å². The zero-order valence-electron chi connectivity index (χ0n) is 9.16. The standard InChI is InChI=1S/C11H13FN4/c1-6(14-2)10-8-5-7(12)3-4-9(8)15-11(13)16-10/h3-6,14H,1-2H3,(H2,13,15,16). The summed E-state index contributed by atoms with van der Waals surface area (Å²) in [6.07, 6.45) is 0. The van der Waals surface area contributed by atoms with Crippen LogP contribution in [0.4, 0.5) is 10.3 Å². The lowest BCUT2D eigenvalue weighted by molar-refractivity contribution is 0.624. The minimum Gasteiger partial charge on any atom is -0.368 e. The number of hydrogen-bond donors (Lipinski definition) is 2. The van der Waals surface area contributed by atoms with E-state index in [-0.39, 0.29) is 17.8 Å². The molecule has 2 aromatic rings. The molecule has 16 heavy (non-hydrogen) atoms.